The first-order chi connectivity index (χ1) is 11.5. The number of hydrogen-bond donors (Lipinski definition) is 2. The van der Waals surface area contributed by atoms with Gasteiger partial charge in [0.15, 0.2) is 0 Å². The molecule has 0 amide bonds. The van der Waals surface area contributed by atoms with Gasteiger partial charge in [-0.2, -0.15) is 0 Å². The van der Waals surface area contributed by atoms with Crippen LogP contribution in [0.4, 0.5) is 0 Å². The molecule has 3 nitrogen and oxygen atoms in total. The van der Waals surface area contributed by atoms with Crippen molar-refractivity contribution in [1.82, 2.24) is 10.2 Å². The summed E-state index contributed by atoms with van der Waals surface area (Å²) in [6.07, 6.45) is 1.07. The van der Waals surface area contributed by atoms with Crippen molar-refractivity contribution in [3.63, 3.8) is 0 Å². The van der Waals surface area contributed by atoms with Crippen molar-refractivity contribution in [2.45, 2.75) is 39.0 Å². The fourth-order valence-corrected chi connectivity index (χ4v) is 2.72. The molecule has 0 aliphatic rings. The molecular weight excluding hydrogens is 296 g/mol. The van der Waals surface area contributed by atoms with Gasteiger partial charge in [-0.25, -0.2) is 0 Å². The summed E-state index contributed by atoms with van der Waals surface area (Å²) < 4.78 is 0. The standard InChI is InChI=1S/C21H30N2O/c1-21(2,24)18-22-14-9-15-23(16-19-10-5-3-6-11-19)17-20-12-7-4-8-13-20/h3-8,10-13,22,24H,9,14-18H2,1-2H3. The van der Waals surface area contributed by atoms with Crippen LogP contribution in [-0.2, 0) is 13.1 Å². The van der Waals surface area contributed by atoms with Crippen molar-refractivity contribution in [2.75, 3.05) is 19.6 Å². The minimum absolute atomic E-state index is 0.629. The highest BCUT2D eigenvalue weighted by Crippen LogP contribution is 2.10. The molecule has 0 saturated heterocycles. The Bertz CT molecular complexity index is 522. The van der Waals surface area contributed by atoms with Gasteiger partial charge in [-0.1, -0.05) is 60.7 Å². The van der Waals surface area contributed by atoms with Gasteiger partial charge < -0.3 is 10.4 Å². The molecule has 0 heterocycles. The summed E-state index contributed by atoms with van der Waals surface area (Å²) in [5, 5.41) is 13.1. The highest BCUT2D eigenvalue weighted by molar-refractivity contribution is 5.17. The van der Waals surface area contributed by atoms with Gasteiger partial charge in [0.25, 0.3) is 0 Å². The Morgan fingerprint density at radius 3 is 1.83 bits per heavy atom. The van der Waals surface area contributed by atoms with E-state index in [1.807, 2.05) is 13.8 Å². The molecule has 0 bridgehead atoms. The largest absolute Gasteiger partial charge is 0.389 e. The molecule has 0 unspecified atom stereocenters. The second-order valence-electron chi connectivity index (χ2n) is 7.02. The third-order valence-corrected chi connectivity index (χ3v) is 3.88. The van der Waals surface area contributed by atoms with Crippen LogP contribution in [0.1, 0.15) is 31.4 Å². The van der Waals surface area contributed by atoms with Crippen LogP contribution in [0.2, 0.25) is 0 Å². The summed E-state index contributed by atoms with van der Waals surface area (Å²) in [6.45, 7) is 8.16. The summed E-state index contributed by atoms with van der Waals surface area (Å²) in [5.74, 6) is 0. The summed E-state index contributed by atoms with van der Waals surface area (Å²) in [7, 11) is 0. The zero-order chi connectivity index (χ0) is 17.3. The Kier molecular flexibility index (Phi) is 7.44. The van der Waals surface area contributed by atoms with E-state index < -0.39 is 5.60 Å². The van der Waals surface area contributed by atoms with E-state index in [-0.39, 0.29) is 0 Å². The van der Waals surface area contributed by atoms with E-state index in [4.69, 9.17) is 0 Å². The summed E-state index contributed by atoms with van der Waals surface area (Å²) in [6, 6.07) is 21.3. The van der Waals surface area contributed by atoms with Crippen molar-refractivity contribution >= 4 is 0 Å². The summed E-state index contributed by atoms with van der Waals surface area (Å²) in [4.78, 5) is 2.48. The lowest BCUT2D eigenvalue weighted by molar-refractivity contribution is 0.0796. The number of rotatable bonds is 10. The molecule has 2 N–H and O–H groups in total. The maximum Gasteiger partial charge on any atom is 0.0715 e. The Balaban J connectivity index is 1.85. The van der Waals surface area contributed by atoms with Crippen LogP contribution >= 0.6 is 0 Å². The van der Waals surface area contributed by atoms with Crippen LogP contribution in [0.25, 0.3) is 0 Å². The van der Waals surface area contributed by atoms with Crippen molar-refractivity contribution in [3.05, 3.63) is 71.8 Å². The lowest BCUT2D eigenvalue weighted by atomic mass is 10.1. The molecule has 0 spiro atoms. The minimum Gasteiger partial charge on any atom is -0.389 e. The number of hydrogen-bond acceptors (Lipinski definition) is 3. The van der Waals surface area contributed by atoms with E-state index >= 15 is 0 Å². The van der Waals surface area contributed by atoms with Crippen LogP contribution in [0.3, 0.4) is 0 Å². The maximum atomic E-state index is 9.74. The zero-order valence-corrected chi connectivity index (χ0v) is 14.9. The lowest BCUT2D eigenvalue weighted by Gasteiger charge is -2.23. The predicted molar refractivity (Wildman–Crippen MR) is 101 cm³/mol. The van der Waals surface area contributed by atoms with Crippen LogP contribution in [0, 0.1) is 0 Å². The van der Waals surface area contributed by atoms with Crippen molar-refractivity contribution in [3.8, 4) is 0 Å². The monoisotopic (exact) mass is 326 g/mol. The molecular formula is C21H30N2O. The topological polar surface area (TPSA) is 35.5 Å². The minimum atomic E-state index is -0.645. The van der Waals surface area contributed by atoms with E-state index in [9.17, 15) is 5.11 Å². The molecule has 2 rings (SSSR count). The van der Waals surface area contributed by atoms with Crippen LogP contribution < -0.4 is 5.32 Å². The number of nitrogens with one attached hydrogen (secondary N) is 1. The molecule has 3 heteroatoms. The normalized spacial score (nSPS) is 11.8. The molecule has 130 valence electrons. The van der Waals surface area contributed by atoms with Crippen LogP contribution in [-0.4, -0.2) is 35.2 Å². The highest BCUT2D eigenvalue weighted by atomic mass is 16.3. The SMILES string of the molecule is CC(C)(O)CNCCCN(Cc1ccccc1)Cc1ccccc1. The molecule has 2 aromatic carbocycles. The predicted octanol–water partition coefficient (Wildman–Crippen LogP) is 3.44. The fraction of sp³-hybridized carbons (Fsp3) is 0.429. The van der Waals surface area contributed by atoms with Crippen molar-refractivity contribution in [2.24, 2.45) is 0 Å². The second-order valence-corrected chi connectivity index (χ2v) is 7.02. The molecule has 0 saturated carbocycles. The van der Waals surface area contributed by atoms with E-state index in [1.54, 1.807) is 0 Å². The van der Waals surface area contributed by atoms with Gasteiger partial charge in [0, 0.05) is 26.2 Å². The highest BCUT2D eigenvalue weighted by Gasteiger charge is 2.11. The number of nitrogens with zero attached hydrogens (tertiary/aromatic N) is 1. The van der Waals surface area contributed by atoms with Gasteiger partial charge in [0.2, 0.25) is 0 Å². The third-order valence-electron chi connectivity index (χ3n) is 3.88. The number of benzene rings is 2. The van der Waals surface area contributed by atoms with E-state index in [0.717, 1.165) is 32.6 Å². The zero-order valence-electron chi connectivity index (χ0n) is 14.9. The molecule has 0 aromatic heterocycles. The van der Waals surface area contributed by atoms with Crippen molar-refractivity contribution < 1.29 is 5.11 Å². The van der Waals surface area contributed by atoms with Gasteiger partial charge >= 0.3 is 0 Å². The average molecular weight is 326 g/mol. The van der Waals surface area contributed by atoms with Gasteiger partial charge in [0.05, 0.1) is 5.60 Å². The quantitative estimate of drug-likeness (QED) is 0.657. The molecule has 2 aromatic rings. The molecule has 0 aliphatic heterocycles. The smallest absolute Gasteiger partial charge is 0.0715 e. The molecule has 24 heavy (non-hydrogen) atoms. The van der Waals surface area contributed by atoms with Gasteiger partial charge in [0.1, 0.15) is 0 Å². The van der Waals surface area contributed by atoms with E-state index in [1.165, 1.54) is 11.1 Å². The maximum absolute atomic E-state index is 9.74. The first-order valence-corrected chi connectivity index (χ1v) is 8.76. The first kappa shape index (κ1) is 18.7. The molecule has 0 aliphatic carbocycles. The Labute approximate surface area is 146 Å². The Morgan fingerprint density at radius 1 is 0.875 bits per heavy atom. The molecule has 0 fully saturated rings. The number of aliphatic hydroxyl groups is 1. The summed E-state index contributed by atoms with van der Waals surface area (Å²) in [5.41, 5.74) is 2.05. The molecule has 0 atom stereocenters. The van der Waals surface area contributed by atoms with Gasteiger partial charge in [-0.15, -0.1) is 0 Å². The van der Waals surface area contributed by atoms with Crippen LogP contribution in [0.5, 0.6) is 0 Å². The average Bonchev–Trinajstić information content (AvgIpc) is 2.55. The molecule has 0 radical (unpaired) electrons. The summed E-state index contributed by atoms with van der Waals surface area (Å²) >= 11 is 0. The third kappa shape index (κ3) is 7.73. The van der Waals surface area contributed by atoms with Crippen molar-refractivity contribution in [1.29, 1.82) is 0 Å². The second kappa shape index (κ2) is 9.58. The fourth-order valence-electron chi connectivity index (χ4n) is 2.72. The van der Waals surface area contributed by atoms with E-state index in [0.29, 0.717) is 6.54 Å². The Morgan fingerprint density at radius 2 is 1.38 bits per heavy atom. The van der Waals surface area contributed by atoms with Crippen LogP contribution in [0.15, 0.2) is 60.7 Å². The van der Waals surface area contributed by atoms with Gasteiger partial charge in [-0.3, -0.25) is 4.90 Å². The first-order valence-electron chi connectivity index (χ1n) is 8.76. The Hall–Kier alpha value is -1.68. The van der Waals surface area contributed by atoms with E-state index in [2.05, 4.69) is 70.9 Å². The van der Waals surface area contributed by atoms with Gasteiger partial charge in [-0.05, 0) is 37.9 Å². The lowest BCUT2D eigenvalue weighted by Crippen LogP contribution is -2.36.